The quantitative estimate of drug-likeness (QED) is 0.308. The molecule has 0 aliphatic carbocycles. The molecule has 6 heteroatoms. The van der Waals surface area contributed by atoms with Crippen LogP contribution in [0.5, 0.6) is 0 Å². The summed E-state index contributed by atoms with van der Waals surface area (Å²) in [6, 6.07) is 11.8. The van der Waals surface area contributed by atoms with Crippen LogP contribution in [0.4, 0.5) is 0 Å². The number of ether oxygens (including phenoxy) is 1. The molecule has 0 aliphatic rings. The molecule has 0 fully saturated rings. The Morgan fingerprint density at radius 2 is 1.96 bits per heavy atom. The van der Waals surface area contributed by atoms with Crippen molar-refractivity contribution in [3.8, 4) is 17.5 Å². The van der Waals surface area contributed by atoms with Gasteiger partial charge in [0.25, 0.3) is 0 Å². The van der Waals surface area contributed by atoms with Crippen molar-refractivity contribution in [2.45, 2.75) is 44.2 Å². The molecule has 3 nitrogen and oxygen atoms in total. The summed E-state index contributed by atoms with van der Waals surface area (Å²) >= 11 is 6.73. The lowest BCUT2D eigenvalue weighted by Gasteiger charge is -2.20. The van der Waals surface area contributed by atoms with Gasteiger partial charge in [0.1, 0.15) is 12.8 Å². The van der Waals surface area contributed by atoms with Gasteiger partial charge in [0, 0.05) is 6.42 Å². The molecule has 1 aromatic carbocycles. The van der Waals surface area contributed by atoms with Gasteiger partial charge in [0.2, 0.25) is 0 Å². The van der Waals surface area contributed by atoms with Gasteiger partial charge in [-0.3, -0.25) is 4.79 Å². The Bertz CT molecular complexity index is 711. The molecule has 1 rings (SSSR count). The highest BCUT2D eigenvalue weighted by Gasteiger charge is 2.28. The van der Waals surface area contributed by atoms with Gasteiger partial charge in [-0.2, -0.15) is 5.26 Å². The summed E-state index contributed by atoms with van der Waals surface area (Å²) in [5.74, 6) is 2.56. The lowest BCUT2D eigenvalue weighted by atomic mass is 10.1. The van der Waals surface area contributed by atoms with E-state index in [0.29, 0.717) is 10.6 Å². The molecule has 132 valence electrons. The minimum absolute atomic E-state index is 0.113. The van der Waals surface area contributed by atoms with E-state index < -0.39 is 12.8 Å². The zero-order chi connectivity index (χ0) is 18.9. The molecule has 0 N–H and O–H groups in total. The second-order valence-electron chi connectivity index (χ2n) is 6.81. The first-order valence-electron chi connectivity index (χ1n) is 8.00. The molecule has 1 aromatic rings. The number of benzene rings is 1. The summed E-state index contributed by atoms with van der Waals surface area (Å²) in [6.45, 7) is 8.31. The highest BCUT2D eigenvalue weighted by molar-refractivity contribution is 8.24. The Morgan fingerprint density at radius 1 is 1.32 bits per heavy atom. The first kappa shape index (κ1) is 21.4. The minimum atomic E-state index is -1.45. The number of nitrogens with zero attached hydrogens (tertiary/aromatic N) is 1. The fraction of sp³-hybridized carbons (Fsp3) is 0.421. The molecule has 1 atom stereocenters. The molecule has 0 amide bonds. The molecule has 25 heavy (non-hydrogen) atoms. The number of thiocarbonyl (C=S) groups is 1. The van der Waals surface area contributed by atoms with Crippen molar-refractivity contribution in [2.75, 3.05) is 6.61 Å². The molecule has 0 spiro atoms. The van der Waals surface area contributed by atoms with E-state index >= 15 is 0 Å². The van der Waals surface area contributed by atoms with Gasteiger partial charge in [-0.05, 0) is 18.9 Å². The SMILES string of the molecule is CC(C#N)(CCC(=O)OCC#C[Si](C)(C)C)SC(=S)c1ccccc1. The molecular formula is C19H23NO2S2Si. The Labute approximate surface area is 161 Å². The van der Waals surface area contributed by atoms with Gasteiger partial charge >= 0.3 is 5.97 Å². The van der Waals surface area contributed by atoms with Gasteiger partial charge in [-0.25, -0.2) is 0 Å². The van der Waals surface area contributed by atoms with Crippen LogP contribution in [0.25, 0.3) is 0 Å². The average molecular weight is 390 g/mol. The summed E-state index contributed by atoms with van der Waals surface area (Å²) in [6.07, 6.45) is 0.546. The van der Waals surface area contributed by atoms with Crippen molar-refractivity contribution in [3.63, 3.8) is 0 Å². The van der Waals surface area contributed by atoms with Crippen LogP contribution in [0, 0.1) is 22.8 Å². The van der Waals surface area contributed by atoms with E-state index in [0.717, 1.165) is 5.56 Å². The van der Waals surface area contributed by atoms with E-state index in [-0.39, 0.29) is 19.0 Å². The molecule has 1 unspecified atom stereocenters. The smallest absolute Gasteiger partial charge is 0.306 e. The molecule has 0 heterocycles. The maximum Gasteiger partial charge on any atom is 0.306 e. The summed E-state index contributed by atoms with van der Waals surface area (Å²) in [5.41, 5.74) is 4.05. The molecule has 0 aromatic heterocycles. The van der Waals surface area contributed by atoms with Crippen LogP contribution in [0.2, 0.25) is 19.6 Å². The monoisotopic (exact) mass is 389 g/mol. The molecule has 0 radical (unpaired) electrons. The fourth-order valence-electron chi connectivity index (χ4n) is 1.80. The van der Waals surface area contributed by atoms with Gasteiger partial charge in [0.15, 0.2) is 6.61 Å². The van der Waals surface area contributed by atoms with Crippen LogP contribution in [0.15, 0.2) is 30.3 Å². The first-order valence-corrected chi connectivity index (χ1v) is 12.7. The Kier molecular flexibility index (Phi) is 8.38. The lowest BCUT2D eigenvalue weighted by Crippen LogP contribution is -2.22. The van der Waals surface area contributed by atoms with Gasteiger partial charge in [-0.1, -0.05) is 79.9 Å². The molecular weight excluding hydrogens is 366 g/mol. The molecule has 0 aliphatic heterocycles. The van der Waals surface area contributed by atoms with Crippen LogP contribution in [-0.2, 0) is 9.53 Å². The van der Waals surface area contributed by atoms with E-state index in [4.69, 9.17) is 17.0 Å². The average Bonchev–Trinajstić information content (AvgIpc) is 2.57. The van der Waals surface area contributed by atoms with E-state index in [2.05, 4.69) is 37.2 Å². The van der Waals surface area contributed by atoms with Crippen molar-refractivity contribution >= 4 is 42.2 Å². The summed E-state index contributed by atoms with van der Waals surface area (Å²) in [7, 11) is -1.45. The van der Waals surface area contributed by atoms with Crippen molar-refractivity contribution in [2.24, 2.45) is 0 Å². The third kappa shape index (κ3) is 8.88. The predicted molar refractivity (Wildman–Crippen MR) is 111 cm³/mol. The predicted octanol–water partition coefficient (Wildman–Crippen LogP) is 4.58. The van der Waals surface area contributed by atoms with Crippen LogP contribution in [0.3, 0.4) is 0 Å². The van der Waals surface area contributed by atoms with Crippen molar-refractivity contribution in [1.29, 1.82) is 5.26 Å². The fourth-order valence-corrected chi connectivity index (χ4v) is 4.00. The summed E-state index contributed by atoms with van der Waals surface area (Å²) in [5, 5.41) is 9.50. The van der Waals surface area contributed by atoms with E-state index in [1.807, 2.05) is 30.3 Å². The Morgan fingerprint density at radius 3 is 2.52 bits per heavy atom. The van der Waals surface area contributed by atoms with Crippen LogP contribution in [-0.4, -0.2) is 29.6 Å². The lowest BCUT2D eigenvalue weighted by molar-refractivity contribution is -0.142. The summed E-state index contributed by atoms with van der Waals surface area (Å²) in [4.78, 5) is 11.9. The summed E-state index contributed by atoms with van der Waals surface area (Å²) < 4.78 is 5.01. The Hall–Kier alpha value is -1.60. The van der Waals surface area contributed by atoms with Crippen molar-refractivity contribution in [1.82, 2.24) is 0 Å². The third-order valence-electron chi connectivity index (χ3n) is 3.14. The zero-order valence-corrected chi connectivity index (χ0v) is 17.7. The zero-order valence-electron chi connectivity index (χ0n) is 15.1. The van der Waals surface area contributed by atoms with Crippen molar-refractivity contribution < 1.29 is 9.53 Å². The second-order valence-corrected chi connectivity index (χ2v) is 13.7. The standard InChI is InChI=1S/C19H23NO2S2Si/c1-19(15-20,24-18(23)16-9-6-5-7-10-16)12-11-17(21)22-13-8-14-25(2,3)4/h5-7,9-10H,11-13H2,1-4H3. The van der Waals surface area contributed by atoms with Crippen LogP contribution < -0.4 is 0 Å². The van der Waals surface area contributed by atoms with Gasteiger partial charge in [0.05, 0.1) is 10.3 Å². The first-order chi connectivity index (χ1) is 11.7. The maximum absolute atomic E-state index is 11.9. The normalized spacial score (nSPS) is 12.9. The Balaban J connectivity index is 2.51. The van der Waals surface area contributed by atoms with E-state index in [9.17, 15) is 10.1 Å². The minimum Gasteiger partial charge on any atom is -0.453 e. The molecule has 0 saturated heterocycles. The highest BCUT2D eigenvalue weighted by Crippen LogP contribution is 2.33. The van der Waals surface area contributed by atoms with E-state index in [1.54, 1.807) is 6.92 Å². The highest BCUT2D eigenvalue weighted by atomic mass is 32.2. The molecule has 0 bridgehead atoms. The van der Waals surface area contributed by atoms with Crippen LogP contribution >= 0.6 is 24.0 Å². The third-order valence-corrected chi connectivity index (χ3v) is 5.72. The topological polar surface area (TPSA) is 50.1 Å². The number of hydrogen-bond acceptors (Lipinski definition) is 5. The molecule has 0 saturated carbocycles. The van der Waals surface area contributed by atoms with Gasteiger partial charge < -0.3 is 4.74 Å². The second kappa shape index (κ2) is 9.77. The van der Waals surface area contributed by atoms with Gasteiger partial charge in [-0.15, -0.1) is 5.54 Å². The maximum atomic E-state index is 11.9. The number of hydrogen-bond donors (Lipinski definition) is 0. The number of esters is 1. The number of thioether (sulfide) groups is 1. The largest absolute Gasteiger partial charge is 0.453 e. The van der Waals surface area contributed by atoms with Crippen LogP contribution in [0.1, 0.15) is 25.3 Å². The number of nitriles is 1. The number of rotatable bonds is 6. The van der Waals surface area contributed by atoms with E-state index in [1.165, 1.54) is 11.8 Å². The number of carbonyl (C=O) groups is 1. The number of carbonyl (C=O) groups excluding carboxylic acids is 1. The van der Waals surface area contributed by atoms with Crippen molar-refractivity contribution in [3.05, 3.63) is 35.9 Å².